The molecule has 0 unspecified atom stereocenters. The number of primary amides is 1. The number of aryl methyl sites for hydroxylation is 1. The van der Waals surface area contributed by atoms with E-state index in [0.29, 0.717) is 23.1 Å². The van der Waals surface area contributed by atoms with Gasteiger partial charge in [-0.25, -0.2) is 4.39 Å². The van der Waals surface area contributed by atoms with Crippen molar-refractivity contribution in [2.24, 2.45) is 5.73 Å². The molecule has 7 heteroatoms. The van der Waals surface area contributed by atoms with Gasteiger partial charge in [-0.1, -0.05) is 54.2 Å². The minimum absolute atomic E-state index is 0.361. The summed E-state index contributed by atoms with van der Waals surface area (Å²) < 4.78 is 16.1. The van der Waals surface area contributed by atoms with Crippen molar-refractivity contribution >= 4 is 17.7 Å². The molecule has 1 amide bonds. The van der Waals surface area contributed by atoms with Crippen molar-refractivity contribution in [3.8, 4) is 11.4 Å². The molecule has 1 atom stereocenters. The zero-order valence-electron chi connectivity index (χ0n) is 14.3. The first kappa shape index (κ1) is 18.1. The highest BCUT2D eigenvalue weighted by atomic mass is 32.2. The van der Waals surface area contributed by atoms with Crippen molar-refractivity contribution in [3.63, 3.8) is 0 Å². The molecule has 0 spiro atoms. The molecule has 3 aromatic rings. The summed E-state index contributed by atoms with van der Waals surface area (Å²) in [5.41, 5.74) is 6.90. The molecule has 0 aliphatic rings. The summed E-state index contributed by atoms with van der Waals surface area (Å²) in [7, 11) is 0. The summed E-state index contributed by atoms with van der Waals surface area (Å²) in [6, 6.07) is 16.4. The van der Waals surface area contributed by atoms with E-state index < -0.39 is 11.2 Å². The summed E-state index contributed by atoms with van der Waals surface area (Å²) in [4.78, 5) is 11.4. The largest absolute Gasteiger partial charge is 0.369 e. The lowest BCUT2D eigenvalue weighted by Gasteiger charge is -2.12. The normalized spacial score (nSPS) is 12.1. The number of halogens is 1. The molecular formula is C19H19FN4OS. The van der Waals surface area contributed by atoms with Crippen LogP contribution in [0.3, 0.4) is 0 Å². The van der Waals surface area contributed by atoms with Gasteiger partial charge in [0.25, 0.3) is 0 Å². The molecule has 134 valence electrons. The zero-order chi connectivity index (χ0) is 18.5. The molecule has 0 radical (unpaired) electrons. The first-order valence-electron chi connectivity index (χ1n) is 8.24. The second-order valence-corrected chi connectivity index (χ2v) is 7.14. The van der Waals surface area contributed by atoms with Crippen LogP contribution in [0.15, 0.2) is 59.8 Å². The van der Waals surface area contributed by atoms with Gasteiger partial charge in [0.1, 0.15) is 5.82 Å². The standard InChI is InChI=1S/C19H19FN4OS/c1-13(17(21)25)26-19-23-22-18(15-9-5-6-10-16(15)20)24(19)12-11-14-7-3-2-4-8-14/h2-10,13H,11-12H2,1H3,(H2,21,25)/t13-/m1/s1. The number of amides is 1. The summed E-state index contributed by atoms with van der Waals surface area (Å²) in [6.45, 7) is 2.28. The van der Waals surface area contributed by atoms with Crippen LogP contribution in [0.5, 0.6) is 0 Å². The van der Waals surface area contributed by atoms with Gasteiger partial charge in [-0.15, -0.1) is 10.2 Å². The van der Waals surface area contributed by atoms with Crippen LogP contribution in [-0.2, 0) is 17.8 Å². The number of hydrogen-bond acceptors (Lipinski definition) is 4. The van der Waals surface area contributed by atoms with Gasteiger partial charge in [-0.3, -0.25) is 4.79 Å². The van der Waals surface area contributed by atoms with Gasteiger partial charge in [0.15, 0.2) is 11.0 Å². The van der Waals surface area contributed by atoms with Crippen molar-refractivity contribution in [2.45, 2.75) is 30.3 Å². The van der Waals surface area contributed by atoms with Gasteiger partial charge in [-0.05, 0) is 31.0 Å². The third-order valence-electron chi connectivity index (χ3n) is 3.98. The number of rotatable bonds is 7. The minimum atomic E-state index is -0.455. The van der Waals surface area contributed by atoms with E-state index in [-0.39, 0.29) is 5.82 Å². The van der Waals surface area contributed by atoms with E-state index in [2.05, 4.69) is 10.2 Å². The molecule has 26 heavy (non-hydrogen) atoms. The van der Waals surface area contributed by atoms with Gasteiger partial charge < -0.3 is 10.3 Å². The Hall–Kier alpha value is -2.67. The molecule has 0 bridgehead atoms. The molecule has 0 saturated heterocycles. The molecule has 0 fully saturated rings. The van der Waals surface area contributed by atoms with E-state index in [4.69, 9.17) is 5.73 Å². The molecule has 0 saturated carbocycles. The molecule has 0 aliphatic carbocycles. The fourth-order valence-electron chi connectivity index (χ4n) is 2.52. The fraction of sp³-hybridized carbons (Fsp3) is 0.211. The Balaban J connectivity index is 1.95. The van der Waals surface area contributed by atoms with Crippen LogP contribution in [0.1, 0.15) is 12.5 Å². The first-order chi connectivity index (χ1) is 12.6. The third kappa shape index (κ3) is 4.11. The average molecular weight is 370 g/mol. The fourth-order valence-corrected chi connectivity index (χ4v) is 3.35. The first-order valence-corrected chi connectivity index (χ1v) is 9.12. The molecule has 1 heterocycles. The number of nitrogens with zero attached hydrogens (tertiary/aromatic N) is 3. The highest BCUT2D eigenvalue weighted by molar-refractivity contribution is 8.00. The van der Waals surface area contributed by atoms with Crippen LogP contribution < -0.4 is 5.73 Å². The lowest BCUT2D eigenvalue weighted by atomic mass is 10.1. The monoisotopic (exact) mass is 370 g/mol. The van der Waals surface area contributed by atoms with Gasteiger partial charge >= 0.3 is 0 Å². The van der Waals surface area contributed by atoms with E-state index >= 15 is 0 Å². The quantitative estimate of drug-likeness (QED) is 0.648. The predicted molar refractivity (Wildman–Crippen MR) is 100 cm³/mol. The molecular weight excluding hydrogens is 351 g/mol. The van der Waals surface area contributed by atoms with Gasteiger partial charge in [0.05, 0.1) is 10.8 Å². The molecule has 1 aromatic heterocycles. The third-order valence-corrected chi connectivity index (χ3v) is 5.08. The van der Waals surface area contributed by atoms with Crippen molar-refractivity contribution in [3.05, 3.63) is 66.0 Å². The van der Waals surface area contributed by atoms with E-state index in [1.165, 1.54) is 17.8 Å². The van der Waals surface area contributed by atoms with Crippen LogP contribution in [0.2, 0.25) is 0 Å². The van der Waals surface area contributed by atoms with Crippen LogP contribution in [0.4, 0.5) is 4.39 Å². The Morgan fingerprint density at radius 3 is 2.54 bits per heavy atom. The lowest BCUT2D eigenvalue weighted by Crippen LogP contribution is -2.23. The van der Waals surface area contributed by atoms with Gasteiger partial charge in [0, 0.05) is 6.54 Å². The summed E-state index contributed by atoms with van der Waals surface area (Å²) in [5, 5.41) is 8.43. The predicted octanol–water partition coefficient (Wildman–Crippen LogP) is 3.29. The lowest BCUT2D eigenvalue weighted by molar-refractivity contribution is -0.117. The number of benzene rings is 2. The average Bonchev–Trinajstić information content (AvgIpc) is 3.03. The maximum Gasteiger partial charge on any atom is 0.230 e. The van der Waals surface area contributed by atoms with Crippen LogP contribution in [0.25, 0.3) is 11.4 Å². The Kier molecular flexibility index (Phi) is 5.68. The summed E-state index contributed by atoms with van der Waals surface area (Å²) in [6.07, 6.45) is 0.735. The highest BCUT2D eigenvalue weighted by Crippen LogP contribution is 2.28. The Labute approximate surface area is 155 Å². The van der Waals surface area contributed by atoms with E-state index in [1.807, 2.05) is 34.9 Å². The van der Waals surface area contributed by atoms with Crippen molar-refractivity contribution < 1.29 is 9.18 Å². The number of thioether (sulfide) groups is 1. The number of carbonyl (C=O) groups excluding carboxylic acids is 1. The van der Waals surface area contributed by atoms with Crippen LogP contribution in [0, 0.1) is 5.82 Å². The number of aromatic nitrogens is 3. The molecule has 3 rings (SSSR count). The number of hydrogen-bond donors (Lipinski definition) is 1. The topological polar surface area (TPSA) is 73.8 Å². The molecule has 2 aromatic carbocycles. The van der Waals surface area contributed by atoms with E-state index in [1.54, 1.807) is 25.1 Å². The minimum Gasteiger partial charge on any atom is -0.369 e. The Morgan fingerprint density at radius 2 is 1.85 bits per heavy atom. The molecule has 5 nitrogen and oxygen atoms in total. The summed E-state index contributed by atoms with van der Waals surface area (Å²) in [5.74, 6) is -0.349. The second kappa shape index (κ2) is 8.14. The van der Waals surface area contributed by atoms with Crippen molar-refractivity contribution in [1.29, 1.82) is 0 Å². The highest BCUT2D eigenvalue weighted by Gasteiger charge is 2.20. The molecule has 2 N–H and O–H groups in total. The van der Waals surface area contributed by atoms with Crippen molar-refractivity contribution in [2.75, 3.05) is 0 Å². The van der Waals surface area contributed by atoms with E-state index in [0.717, 1.165) is 12.0 Å². The zero-order valence-corrected chi connectivity index (χ0v) is 15.1. The van der Waals surface area contributed by atoms with Gasteiger partial charge in [-0.2, -0.15) is 0 Å². The maximum absolute atomic E-state index is 14.3. The molecule has 0 aliphatic heterocycles. The van der Waals surface area contributed by atoms with Crippen LogP contribution in [-0.4, -0.2) is 25.9 Å². The summed E-state index contributed by atoms with van der Waals surface area (Å²) >= 11 is 1.23. The Bertz CT molecular complexity index is 898. The van der Waals surface area contributed by atoms with Crippen LogP contribution >= 0.6 is 11.8 Å². The van der Waals surface area contributed by atoms with Crippen molar-refractivity contribution in [1.82, 2.24) is 14.8 Å². The maximum atomic E-state index is 14.3. The SMILES string of the molecule is C[C@@H](Sc1nnc(-c2ccccc2F)n1CCc1ccccc1)C(N)=O. The Morgan fingerprint density at radius 1 is 1.15 bits per heavy atom. The number of nitrogens with two attached hydrogens (primary N) is 1. The van der Waals surface area contributed by atoms with Gasteiger partial charge in [0.2, 0.25) is 5.91 Å². The number of carbonyl (C=O) groups is 1. The van der Waals surface area contributed by atoms with E-state index in [9.17, 15) is 9.18 Å². The smallest absolute Gasteiger partial charge is 0.230 e. The second-order valence-electron chi connectivity index (χ2n) is 5.84.